The Balaban J connectivity index is 2.95. The van der Waals surface area contributed by atoms with E-state index in [4.69, 9.17) is 0 Å². The summed E-state index contributed by atoms with van der Waals surface area (Å²) in [5, 5.41) is 17.3. The first-order valence-electron chi connectivity index (χ1n) is 7.18. The van der Waals surface area contributed by atoms with Gasteiger partial charge in [-0.05, 0) is 19.8 Å². The average molecular weight is 280 g/mol. The number of nitro groups is 1. The van der Waals surface area contributed by atoms with E-state index in [9.17, 15) is 10.1 Å². The lowest BCUT2D eigenvalue weighted by atomic mass is 9.95. The van der Waals surface area contributed by atoms with E-state index in [-0.39, 0.29) is 11.7 Å². The summed E-state index contributed by atoms with van der Waals surface area (Å²) in [6.45, 7) is 9.00. The van der Waals surface area contributed by atoms with Crippen molar-refractivity contribution in [3.8, 4) is 0 Å². The summed E-state index contributed by atoms with van der Waals surface area (Å²) in [7, 11) is 0. The first-order valence-corrected chi connectivity index (χ1v) is 7.18. The molecule has 0 amide bonds. The Morgan fingerprint density at radius 1 is 1.25 bits per heavy atom. The minimum absolute atomic E-state index is 0.0511. The molecule has 20 heavy (non-hydrogen) atoms. The molecule has 0 aliphatic carbocycles. The predicted octanol–water partition coefficient (Wildman–Crippen LogP) is 3.66. The first kappa shape index (κ1) is 16.2. The Morgan fingerprint density at radius 3 is 2.35 bits per heavy atom. The minimum Gasteiger partial charge on any atom is -0.370 e. The van der Waals surface area contributed by atoms with Gasteiger partial charge in [-0.15, -0.1) is 0 Å². The quantitative estimate of drug-likeness (QED) is 0.561. The van der Waals surface area contributed by atoms with Gasteiger partial charge in [0.2, 0.25) is 0 Å². The van der Waals surface area contributed by atoms with E-state index in [0.29, 0.717) is 24.1 Å². The molecule has 1 rings (SSSR count). The number of pyridine rings is 1. The highest BCUT2D eigenvalue weighted by molar-refractivity contribution is 5.55. The zero-order valence-corrected chi connectivity index (χ0v) is 12.6. The van der Waals surface area contributed by atoms with Gasteiger partial charge in [0.25, 0.3) is 5.69 Å². The van der Waals surface area contributed by atoms with Crippen LogP contribution < -0.4 is 10.6 Å². The van der Waals surface area contributed by atoms with Crippen LogP contribution >= 0.6 is 0 Å². The van der Waals surface area contributed by atoms with Crippen molar-refractivity contribution in [2.24, 2.45) is 5.92 Å². The molecule has 0 aromatic carbocycles. The van der Waals surface area contributed by atoms with E-state index < -0.39 is 4.92 Å². The van der Waals surface area contributed by atoms with Crippen LogP contribution in [0.15, 0.2) is 12.1 Å². The van der Waals surface area contributed by atoms with Gasteiger partial charge in [-0.3, -0.25) is 10.1 Å². The summed E-state index contributed by atoms with van der Waals surface area (Å²) in [6, 6.07) is 3.17. The topological polar surface area (TPSA) is 80.1 Å². The molecule has 1 heterocycles. The van der Waals surface area contributed by atoms with Crippen LogP contribution in [0.1, 0.15) is 40.5 Å². The van der Waals surface area contributed by atoms with Crippen molar-refractivity contribution >= 4 is 17.3 Å². The molecule has 0 radical (unpaired) electrons. The van der Waals surface area contributed by atoms with E-state index >= 15 is 0 Å². The lowest BCUT2D eigenvalue weighted by Gasteiger charge is -2.23. The van der Waals surface area contributed by atoms with Gasteiger partial charge in [0.05, 0.1) is 17.1 Å². The molecule has 1 aromatic rings. The number of hydrogen-bond acceptors (Lipinski definition) is 5. The molecule has 0 saturated carbocycles. The fraction of sp³-hybridized carbons (Fsp3) is 0.643. The molecule has 1 atom stereocenters. The van der Waals surface area contributed by atoms with Gasteiger partial charge in [-0.25, -0.2) is 4.98 Å². The monoisotopic (exact) mass is 280 g/mol. The Kier molecular flexibility index (Phi) is 6.21. The Labute approximate surface area is 120 Å². The molecule has 1 unspecified atom stereocenters. The van der Waals surface area contributed by atoms with Crippen LogP contribution in [0, 0.1) is 16.0 Å². The van der Waals surface area contributed by atoms with Crippen LogP contribution in [-0.4, -0.2) is 22.5 Å². The second kappa shape index (κ2) is 7.67. The highest BCUT2D eigenvalue weighted by Gasteiger charge is 2.16. The van der Waals surface area contributed by atoms with Gasteiger partial charge in [0.15, 0.2) is 0 Å². The number of anilines is 2. The molecule has 1 aromatic heterocycles. The number of hydrogen-bond donors (Lipinski definition) is 2. The van der Waals surface area contributed by atoms with Crippen LogP contribution in [0.25, 0.3) is 0 Å². The van der Waals surface area contributed by atoms with Gasteiger partial charge >= 0.3 is 0 Å². The van der Waals surface area contributed by atoms with Gasteiger partial charge in [-0.2, -0.15) is 0 Å². The van der Waals surface area contributed by atoms with Crippen molar-refractivity contribution in [2.75, 3.05) is 17.2 Å². The predicted molar refractivity (Wildman–Crippen MR) is 82.2 cm³/mol. The summed E-state index contributed by atoms with van der Waals surface area (Å²) in [5.41, 5.74) is 0.0511. The summed E-state index contributed by atoms with van der Waals surface area (Å²) >= 11 is 0. The summed E-state index contributed by atoms with van der Waals surface area (Å²) in [4.78, 5) is 14.9. The van der Waals surface area contributed by atoms with Crippen LogP contribution in [0.2, 0.25) is 0 Å². The number of aromatic nitrogens is 1. The van der Waals surface area contributed by atoms with Crippen LogP contribution in [0.5, 0.6) is 0 Å². The Morgan fingerprint density at radius 2 is 1.85 bits per heavy atom. The van der Waals surface area contributed by atoms with E-state index in [1.54, 1.807) is 0 Å². The Bertz CT molecular complexity index is 447. The van der Waals surface area contributed by atoms with Crippen molar-refractivity contribution in [3.05, 3.63) is 22.2 Å². The summed E-state index contributed by atoms with van der Waals surface area (Å²) < 4.78 is 0. The largest absolute Gasteiger partial charge is 0.370 e. The smallest absolute Gasteiger partial charge is 0.276 e. The molecule has 0 bridgehead atoms. The molecule has 6 nitrogen and oxygen atoms in total. The first-order chi connectivity index (χ1) is 9.51. The second-order valence-corrected chi connectivity index (χ2v) is 4.89. The lowest BCUT2D eigenvalue weighted by Crippen LogP contribution is -2.25. The maximum atomic E-state index is 11.0. The maximum absolute atomic E-state index is 11.0. The van der Waals surface area contributed by atoms with Crippen molar-refractivity contribution in [1.29, 1.82) is 0 Å². The zero-order chi connectivity index (χ0) is 15.1. The van der Waals surface area contributed by atoms with Crippen LogP contribution in [0.4, 0.5) is 17.3 Å². The normalized spacial score (nSPS) is 12.2. The molecule has 0 aliphatic heterocycles. The number of nitrogens with one attached hydrogen (secondary N) is 2. The SMILES string of the molecule is CCNc1cc([N+](=O)[O-])cc(NC(C)C(CC)CC)n1. The molecular formula is C14H24N4O2. The van der Waals surface area contributed by atoms with Crippen molar-refractivity contribution in [2.45, 2.75) is 46.6 Å². The molecule has 0 spiro atoms. The number of rotatable bonds is 8. The third-order valence-corrected chi connectivity index (χ3v) is 3.51. The number of nitrogens with zero attached hydrogens (tertiary/aromatic N) is 2. The third-order valence-electron chi connectivity index (χ3n) is 3.51. The Hall–Kier alpha value is -1.85. The van der Waals surface area contributed by atoms with Crippen molar-refractivity contribution < 1.29 is 4.92 Å². The molecule has 0 fully saturated rings. The fourth-order valence-electron chi connectivity index (χ4n) is 2.31. The molecule has 0 aliphatic rings. The van der Waals surface area contributed by atoms with Crippen LogP contribution in [0.3, 0.4) is 0 Å². The standard InChI is InChI=1S/C14H24N4O2/c1-5-11(6-2)10(4)16-14-9-12(18(19)20)8-13(17-14)15-7-3/h8-11H,5-7H2,1-4H3,(H2,15,16,17). The third kappa shape index (κ3) is 4.36. The van der Waals surface area contributed by atoms with Crippen molar-refractivity contribution in [1.82, 2.24) is 4.98 Å². The summed E-state index contributed by atoms with van der Waals surface area (Å²) in [5.74, 6) is 1.61. The van der Waals surface area contributed by atoms with E-state index in [0.717, 1.165) is 12.8 Å². The molecule has 0 saturated heterocycles. The second-order valence-electron chi connectivity index (χ2n) is 4.89. The lowest BCUT2D eigenvalue weighted by molar-refractivity contribution is -0.384. The molecule has 6 heteroatoms. The minimum atomic E-state index is -0.393. The molecule has 2 N–H and O–H groups in total. The van der Waals surface area contributed by atoms with Crippen LogP contribution in [-0.2, 0) is 0 Å². The van der Waals surface area contributed by atoms with Gasteiger partial charge < -0.3 is 10.6 Å². The maximum Gasteiger partial charge on any atom is 0.276 e. The summed E-state index contributed by atoms with van der Waals surface area (Å²) in [6.07, 6.45) is 2.14. The highest BCUT2D eigenvalue weighted by Crippen LogP contribution is 2.23. The highest BCUT2D eigenvalue weighted by atomic mass is 16.6. The average Bonchev–Trinajstić information content (AvgIpc) is 2.40. The van der Waals surface area contributed by atoms with Crippen molar-refractivity contribution in [3.63, 3.8) is 0 Å². The van der Waals surface area contributed by atoms with Gasteiger partial charge in [-0.1, -0.05) is 26.7 Å². The van der Waals surface area contributed by atoms with E-state index in [1.807, 2.05) is 6.92 Å². The van der Waals surface area contributed by atoms with Gasteiger partial charge in [0.1, 0.15) is 11.6 Å². The fourth-order valence-corrected chi connectivity index (χ4v) is 2.31. The zero-order valence-electron chi connectivity index (χ0n) is 12.6. The van der Waals surface area contributed by atoms with Gasteiger partial charge in [0, 0.05) is 12.6 Å². The molecular weight excluding hydrogens is 256 g/mol. The van der Waals surface area contributed by atoms with E-state index in [1.165, 1.54) is 12.1 Å². The molecule has 112 valence electrons. The van der Waals surface area contributed by atoms with E-state index in [2.05, 4.69) is 36.4 Å².